The maximum Gasteiger partial charge on any atom is 0.152 e. The van der Waals surface area contributed by atoms with Crippen LogP contribution >= 0.6 is 40.2 Å². The Kier molecular flexibility index (Phi) is 3.83. The van der Waals surface area contributed by atoms with Gasteiger partial charge in [-0.3, -0.25) is 4.79 Å². The lowest BCUT2D eigenvalue weighted by Crippen LogP contribution is -2.02. The number of rotatable bonds is 2. The van der Waals surface area contributed by atoms with E-state index in [0.717, 1.165) is 14.9 Å². The largest absolute Gasteiger partial charge is 0.298 e. The molecule has 0 radical (unpaired) electrons. The van der Waals surface area contributed by atoms with Crippen LogP contribution in [-0.2, 0) is 4.79 Å². The highest BCUT2D eigenvalue weighted by molar-refractivity contribution is 9.10. The minimum atomic E-state index is -0.606. The third kappa shape index (κ3) is 2.73. The summed E-state index contributed by atoms with van der Waals surface area (Å²) in [5, 5.41) is -0.606. The molecule has 0 amide bonds. The predicted octanol–water partition coefficient (Wildman–Crippen LogP) is 3.61. The number of thiol groups is 1. The van der Waals surface area contributed by atoms with E-state index in [2.05, 4.69) is 28.6 Å². The van der Waals surface area contributed by atoms with E-state index in [1.54, 1.807) is 12.1 Å². The molecule has 1 aromatic rings. The number of hydrogen-bond donors (Lipinski definition) is 1. The lowest BCUT2D eigenvalue weighted by molar-refractivity contribution is -0.116. The van der Waals surface area contributed by atoms with E-state index in [4.69, 9.17) is 11.6 Å². The third-order valence-corrected chi connectivity index (χ3v) is 3.06. The Morgan fingerprint density at radius 3 is 2.77 bits per heavy atom. The van der Waals surface area contributed by atoms with E-state index in [-0.39, 0.29) is 5.78 Å². The van der Waals surface area contributed by atoms with Gasteiger partial charge in [0.2, 0.25) is 0 Å². The second-order valence-corrected chi connectivity index (χ2v) is 4.51. The molecule has 0 aliphatic heterocycles. The molecule has 0 aliphatic rings. The van der Waals surface area contributed by atoms with E-state index in [9.17, 15) is 4.79 Å². The van der Waals surface area contributed by atoms with Crippen molar-refractivity contribution in [2.45, 2.75) is 17.2 Å². The van der Waals surface area contributed by atoms with Crippen molar-refractivity contribution in [3.05, 3.63) is 28.2 Å². The summed E-state index contributed by atoms with van der Waals surface area (Å²) < 4.78 is 0.896. The van der Waals surface area contributed by atoms with Gasteiger partial charge in [0.05, 0.1) is 0 Å². The van der Waals surface area contributed by atoms with Crippen LogP contribution in [0, 0.1) is 0 Å². The van der Waals surface area contributed by atoms with Gasteiger partial charge in [-0.2, -0.15) is 0 Å². The number of hydrogen-bond acceptors (Lipinski definition) is 2. The Balaban J connectivity index is 3.12. The van der Waals surface area contributed by atoms with Gasteiger partial charge in [-0.05, 0) is 30.7 Å². The molecular weight excluding hydrogens is 272 g/mol. The Bertz CT molecular complexity index is 340. The van der Waals surface area contributed by atoms with Crippen LogP contribution in [-0.4, -0.2) is 5.78 Å². The van der Waals surface area contributed by atoms with E-state index in [1.807, 2.05) is 6.07 Å². The zero-order chi connectivity index (χ0) is 10.0. The van der Waals surface area contributed by atoms with Gasteiger partial charge in [0, 0.05) is 9.37 Å². The van der Waals surface area contributed by atoms with Crippen molar-refractivity contribution in [2.24, 2.45) is 0 Å². The van der Waals surface area contributed by atoms with Gasteiger partial charge in [-0.25, -0.2) is 0 Å². The van der Waals surface area contributed by atoms with Crippen molar-refractivity contribution < 1.29 is 4.79 Å². The highest BCUT2D eigenvalue weighted by atomic mass is 79.9. The van der Waals surface area contributed by atoms with Crippen LogP contribution in [0.5, 0.6) is 0 Å². The first-order chi connectivity index (χ1) is 6.02. The number of benzene rings is 1. The van der Waals surface area contributed by atoms with Gasteiger partial charge in [0.1, 0.15) is 5.38 Å². The molecule has 1 nitrogen and oxygen atoms in total. The molecule has 0 saturated heterocycles. The summed E-state index contributed by atoms with van der Waals surface area (Å²) >= 11 is 13.4. The molecule has 0 aromatic heterocycles. The summed E-state index contributed by atoms with van der Waals surface area (Å²) in [6.07, 6.45) is 0. The second kappa shape index (κ2) is 4.49. The van der Waals surface area contributed by atoms with Crippen LogP contribution in [0.2, 0.25) is 0 Å². The molecule has 4 heteroatoms. The number of Topliss-reactive ketones (excluding diaryl/α,β-unsaturated/α-hetero) is 1. The smallest absolute Gasteiger partial charge is 0.152 e. The molecule has 1 aromatic carbocycles. The Labute approximate surface area is 96.0 Å². The lowest BCUT2D eigenvalue weighted by atomic mass is 10.1. The summed E-state index contributed by atoms with van der Waals surface area (Å²) in [6.45, 7) is 1.46. The van der Waals surface area contributed by atoms with Crippen LogP contribution in [0.4, 0.5) is 0 Å². The predicted molar refractivity (Wildman–Crippen MR) is 60.7 cm³/mol. The maximum atomic E-state index is 11.0. The average Bonchev–Trinajstić information content (AvgIpc) is 2.08. The molecule has 0 saturated carbocycles. The number of alkyl halides is 1. The quantitative estimate of drug-likeness (QED) is 0.646. The Morgan fingerprint density at radius 1 is 1.62 bits per heavy atom. The van der Waals surface area contributed by atoms with Crippen LogP contribution in [0.1, 0.15) is 17.9 Å². The minimum Gasteiger partial charge on any atom is -0.298 e. The zero-order valence-electron chi connectivity index (χ0n) is 6.92. The first-order valence-corrected chi connectivity index (χ1v) is 5.33. The first kappa shape index (κ1) is 11.1. The summed E-state index contributed by atoms with van der Waals surface area (Å²) in [7, 11) is 0. The van der Waals surface area contributed by atoms with Crippen molar-refractivity contribution in [1.82, 2.24) is 0 Å². The number of carbonyl (C=O) groups is 1. The molecule has 1 atom stereocenters. The fraction of sp³-hybridized carbons (Fsp3) is 0.222. The van der Waals surface area contributed by atoms with Crippen LogP contribution < -0.4 is 0 Å². The van der Waals surface area contributed by atoms with Gasteiger partial charge in [-0.15, -0.1) is 24.2 Å². The Morgan fingerprint density at radius 2 is 2.23 bits per heavy atom. The highest BCUT2D eigenvalue weighted by Gasteiger charge is 2.15. The molecule has 0 N–H and O–H groups in total. The van der Waals surface area contributed by atoms with Gasteiger partial charge < -0.3 is 0 Å². The molecule has 1 unspecified atom stereocenters. The SMILES string of the molecule is CC(=O)C(Cl)c1cc(Br)ccc1S. The number of halogens is 2. The minimum absolute atomic E-state index is 0.0740. The van der Waals surface area contributed by atoms with Crippen molar-refractivity contribution >= 4 is 45.9 Å². The fourth-order valence-electron chi connectivity index (χ4n) is 0.947. The molecule has 0 fully saturated rings. The van der Waals surface area contributed by atoms with Crippen LogP contribution in [0.15, 0.2) is 27.6 Å². The molecular formula is C9H8BrClOS. The lowest BCUT2D eigenvalue weighted by Gasteiger charge is -2.08. The van der Waals surface area contributed by atoms with Crippen LogP contribution in [0.3, 0.4) is 0 Å². The monoisotopic (exact) mass is 278 g/mol. The van der Waals surface area contributed by atoms with E-state index < -0.39 is 5.38 Å². The highest BCUT2D eigenvalue weighted by Crippen LogP contribution is 2.29. The van der Waals surface area contributed by atoms with E-state index in [0.29, 0.717) is 0 Å². The topological polar surface area (TPSA) is 17.1 Å². The van der Waals surface area contributed by atoms with Crippen LogP contribution in [0.25, 0.3) is 0 Å². The number of ketones is 1. The zero-order valence-corrected chi connectivity index (χ0v) is 10.2. The van der Waals surface area contributed by atoms with Gasteiger partial charge in [0.15, 0.2) is 5.78 Å². The third-order valence-electron chi connectivity index (χ3n) is 1.62. The molecule has 0 heterocycles. The second-order valence-electron chi connectivity index (χ2n) is 2.68. The molecule has 1 rings (SSSR count). The van der Waals surface area contributed by atoms with Gasteiger partial charge >= 0.3 is 0 Å². The van der Waals surface area contributed by atoms with Crippen molar-refractivity contribution in [2.75, 3.05) is 0 Å². The molecule has 70 valence electrons. The average molecular weight is 280 g/mol. The van der Waals surface area contributed by atoms with Gasteiger partial charge in [-0.1, -0.05) is 15.9 Å². The molecule has 13 heavy (non-hydrogen) atoms. The Hall–Kier alpha value is 0.01000. The summed E-state index contributed by atoms with van der Waals surface area (Å²) in [6, 6.07) is 5.47. The molecule has 0 spiro atoms. The first-order valence-electron chi connectivity index (χ1n) is 3.65. The normalized spacial score (nSPS) is 12.6. The van der Waals surface area contributed by atoms with Crippen molar-refractivity contribution in [3.8, 4) is 0 Å². The fourth-order valence-corrected chi connectivity index (χ4v) is 1.85. The summed E-state index contributed by atoms with van der Waals surface area (Å²) in [5.74, 6) is -0.0740. The summed E-state index contributed by atoms with van der Waals surface area (Å²) in [4.78, 5) is 11.8. The van der Waals surface area contributed by atoms with Crippen molar-refractivity contribution in [1.29, 1.82) is 0 Å². The standard InChI is InChI=1S/C9H8BrClOS/c1-5(12)9(11)7-4-6(10)2-3-8(7)13/h2-4,9,13H,1H3. The van der Waals surface area contributed by atoms with Gasteiger partial charge in [0.25, 0.3) is 0 Å². The van der Waals surface area contributed by atoms with E-state index >= 15 is 0 Å². The molecule has 0 aliphatic carbocycles. The summed E-state index contributed by atoms with van der Waals surface area (Å²) in [5.41, 5.74) is 0.742. The maximum absolute atomic E-state index is 11.0. The van der Waals surface area contributed by atoms with E-state index in [1.165, 1.54) is 6.92 Å². The van der Waals surface area contributed by atoms with Crippen molar-refractivity contribution in [3.63, 3.8) is 0 Å². The number of carbonyl (C=O) groups excluding carboxylic acids is 1. The molecule has 0 bridgehead atoms.